The predicted molar refractivity (Wildman–Crippen MR) is 73.1 cm³/mol. The molecule has 0 aromatic rings. The van der Waals surface area contributed by atoms with Crippen LogP contribution in [-0.4, -0.2) is 18.9 Å². The van der Waals surface area contributed by atoms with Crippen molar-refractivity contribution in [2.24, 2.45) is 5.92 Å². The maximum Gasteiger partial charge on any atom is 0.136 e. The van der Waals surface area contributed by atoms with Gasteiger partial charge in [-0.2, -0.15) is 0 Å². The van der Waals surface area contributed by atoms with Crippen molar-refractivity contribution in [3.05, 3.63) is 12.7 Å². The molecule has 0 radical (unpaired) electrons. The van der Waals surface area contributed by atoms with Crippen LogP contribution in [0.3, 0.4) is 0 Å². The highest BCUT2D eigenvalue weighted by molar-refractivity contribution is 5.80. The van der Waals surface area contributed by atoms with Gasteiger partial charge >= 0.3 is 0 Å². The van der Waals surface area contributed by atoms with Crippen molar-refractivity contribution in [1.82, 2.24) is 5.32 Å². The molecule has 1 atom stereocenters. The standard InChI is InChI=1S/C15H27NO/c1-2-3-4-5-6-7-10-15(17)14-9-8-12-16-13-11-14/h2,14,16H,1,3-13H2. The molecule has 0 bridgehead atoms. The van der Waals surface area contributed by atoms with E-state index >= 15 is 0 Å². The van der Waals surface area contributed by atoms with Gasteiger partial charge < -0.3 is 5.32 Å². The van der Waals surface area contributed by atoms with Crippen molar-refractivity contribution in [2.75, 3.05) is 13.1 Å². The molecule has 1 heterocycles. The lowest BCUT2D eigenvalue weighted by Crippen LogP contribution is -2.17. The maximum atomic E-state index is 12.0. The van der Waals surface area contributed by atoms with E-state index < -0.39 is 0 Å². The van der Waals surface area contributed by atoms with Crippen molar-refractivity contribution in [3.8, 4) is 0 Å². The fourth-order valence-electron chi connectivity index (χ4n) is 2.49. The molecule has 1 saturated heterocycles. The summed E-state index contributed by atoms with van der Waals surface area (Å²) < 4.78 is 0. The van der Waals surface area contributed by atoms with Crippen molar-refractivity contribution in [2.45, 2.75) is 57.8 Å². The molecule has 0 amide bonds. The zero-order valence-electron chi connectivity index (χ0n) is 11.0. The van der Waals surface area contributed by atoms with Crippen LogP contribution >= 0.6 is 0 Å². The van der Waals surface area contributed by atoms with Crippen molar-refractivity contribution in [3.63, 3.8) is 0 Å². The Morgan fingerprint density at radius 3 is 2.82 bits per heavy atom. The van der Waals surface area contributed by atoms with Gasteiger partial charge in [-0.05, 0) is 51.6 Å². The van der Waals surface area contributed by atoms with Crippen molar-refractivity contribution < 1.29 is 4.79 Å². The predicted octanol–water partition coefficient (Wildman–Crippen LogP) is 3.47. The van der Waals surface area contributed by atoms with E-state index in [9.17, 15) is 4.79 Å². The zero-order valence-corrected chi connectivity index (χ0v) is 11.0. The van der Waals surface area contributed by atoms with E-state index in [4.69, 9.17) is 0 Å². The van der Waals surface area contributed by atoms with Crippen LogP contribution in [0.25, 0.3) is 0 Å². The number of nitrogens with one attached hydrogen (secondary N) is 1. The molecule has 1 N–H and O–H groups in total. The fraction of sp³-hybridized carbons (Fsp3) is 0.800. The summed E-state index contributed by atoms with van der Waals surface area (Å²) in [6, 6.07) is 0. The van der Waals surface area contributed by atoms with E-state index in [-0.39, 0.29) is 0 Å². The number of carbonyl (C=O) groups excluding carboxylic acids is 1. The Labute approximate surface area is 106 Å². The Hall–Kier alpha value is -0.630. The highest BCUT2D eigenvalue weighted by Crippen LogP contribution is 2.18. The molecule has 1 aliphatic heterocycles. The first-order valence-electron chi connectivity index (χ1n) is 7.19. The zero-order chi connectivity index (χ0) is 12.3. The number of rotatable bonds is 8. The molecular weight excluding hydrogens is 210 g/mol. The van der Waals surface area contributed by atoms with Gasteiger partial charge in [0.25, 0.3) is 0 Å². The second-order valence-corrected chi connectivity index (χ2v) is 5.09. The summed E-state index contributed by atoms with van der Waals surface area (Å²) in [6.45, 7) is 5.83. The van der Waals surface area contributed by atoms with Crippen LogP contribution < -0.4 is 5.32 Å². The Morgan fingerprint density at radius 2 is 2.00 bits per heavy atom. The van der Waals surface area contributed by atoms with E-state index in [1.807, 2.05) is 6.08 Å². The third-order valence-electron chi connectivity index (χ3n) is 3.61. The third-order valence-corrected chi connectivity index (χ3v) is 3.61. The van der Waals surface area contributed by atoms with Crippen LogP contribution in [0, 0.1) is 5.92 Å². The molecule has 1 aliphatic rings. The van der Waals surface area contributed by atoms with Gasteiger partial charge in [-0.15, -0.1) is 6.58 Å². The lowest BCUT2D eigenvalue weighted by atomic mass is 9.92. The molecule has 0 saturated carbocycles. The largest absolute Gasteiger partial charge is 0.317 e. The van der Waals surface area contributed by atoms with Crippen molar-refractivity contribution >= 4 is 5.78 Å². The van der Waals surface area contributed by atoms with Crippen LogP contribution in [0.5, 0.6) is 0 Å². The number of unbranched alkanes of at least 4 members (excludes halogenated alkanes) is 4. The molecule has 0 aliphatic carbocycles. The highest BCUT2D eigenvalue weighted by Gasteiger charge is 2.18. The summed E-state index contributed by atoms with van der Waals surface area (Å²) in [5.74, 6) is 0.857. The molecule has 2 heteroatoms. The van der Waals surface area contributed by atoms with Gasteiger partial charge in [0.05, 0.1) is 0 Å². The van der Waals surface area contributed by atoms with Crippen LogP contribution in [0.15, 0.2) is 12.7 Å². The molecule has 1 fully saturated rings. The Kier molecular flexibility index (Phi) is 7.98. The van der Waals surface area contributed by atoms with Gasteiger partial charge in [0.2, 0.25) is 0 Å². The second kappa shape index (κ2) is 9.41. The van der Waals surface area contributed by atoms with E-state index in [1.54, 1.807) is 0 Å². The van der Waals surface area contributed by atoms with Gasteiger partial charge in [-0.1, -0.05) is 18.9 Å². The minimum atomic E-state index is 0.346. The summed E-state index contributed by atoms with van der Waals surface area (Å²) in [7, 11) is 0. The Balaban J connectivity index is 2.05. The maximum absolute atomic E-state index is 12.0. The van der Waals surface area contributed by atoms with Crippen LogP contribution in [0.2, 0.25) is 0 Å². The number of Topliss-reactive ketones (excluding diaryl/α,β-unsaturated/α-hetero) is 1. The van der Waals surface area contributed by atoms with Crippen LogP contribution in [-0.2, 0) is 4.79 Å². The average Bonchev–Trinajstić information content (AvgIpc) is 2.62. The van der Waals surface area contributed by atoms with Gasteiger partial charge in [-0.25, -0.2) is 0 Å². The minimum absolute atomic E-state index is 0.346. The molecule has 1 rings (SSSR count). The molecule has 0 aromatic carbocycles. The monoisotopic (exact) mass is 237 g/mol. The molecule has 0 spiro atoms. The molecule has 0 aromatic heterocycles. The molecule has 1 unspecified atom stereocenters. The molecule has 17 heavy (non-hydrogen) atoms. The average molecular weight is 237 g/mol. The van der Waals surface area contributed by atoms with Gasteiger partial charge in [0.15, 0.2) is 0 Å². The quantitative estimate of drug-likeness (QED) is 0.517. The van der Waals surface area contributed by atoms with Crippen LogP contribution in [0.1, 0.15) is 57.8 Å². The fourth-order valence-corrected chi connectivity index (χ4v) is 2.49. The number of hydrogen-bond acceptors (Lipinski definition) is 2. The number of carbonyl (C=O) groups is 1. The topological polar surface area (TPSA) is 29.1 Å². The second-order valence-electron chi connectivity index (χ2n) is 5.09. The lowest BCUT2D eigenvalue weighted by Gasteiger charge is -2.11. The molecule has 98 valence electrons. The van der Waals surface area contributed by atoms with Crippen molar-refractivity contribution in [1.29, 1.82) is 0 Å². The first kappa shape index (κ1) is 14.4. The molecule has 2 nitrogen and oxygen atoms in total. The van der Waals surface area contributed by atoms with E-state index in [0.29, 0.717) is 11.7 Å². The third kappa shape index (κ3) is 6.62. The van der Waals surface area contributed by atoms with E-state index in [1.165, 1.54) is 19.3 Å². The summed E-state index contributed by atoms with van der Waals surface area (Å²) in [5, 5.41) is 3.36. The smallest absolute Gasteiger partial charge is 0.136 e. The first-order valence-corrected chi connectivity index (χ1v) is 7.19. The number of hydrogen-bond donors (Lipinski definition) is 1. The Bertz CT molecular complexity index is 217. The summed E-state index contributed by atoms with van der Waals surface area (Å²) in [6.07, 6.45) is 12.0. The van der Waals surface area contributed by atoms with Gasteiger partial charge in [0, 0.05) is 12.3 Å². The van der Waals surface area contributed by atoms with E-state index in [2.05, 4.69) is 11.9 Å². The van der Waals surface area contributed by atoms with Gasteiger partial charge in [-0.3, -0.25) is 4.79 Å². The normalized spacial score (nSPS) is 20.8. The summed E-state index contributed by atoms with van der Waals surface area (Å²) in [5.41, 5.74) is 0. The first-order chi connectivity index (χ1) is 8.34. The SMILES string of the molecule is C=CCCCCCCC(=O)C1CCCNCC1. The lowest BCUT2D eigenvalue weighted by molar-refractivity contribution is -0.123. The van der Waals surface area contributed by atoms with Crippen LogP contribution in [0.4, 0.5) is 0 Å². The number of ketones is 1. The van der Waals surface area contributed by atoms with Gasteiger partial charge in [0.1, 0.15) is 5.78 Å². The van der Waals surface area contributed by atoms with E-state index in [0.717, 1.165) is 51.6 Å². The highest BCUT2D eigenvalue weighted by atomic mass is 16.1. The Morgan fingerprint density at radius 1 is 1.18 bits per heavy atom. The number of allylic oxidation sites excluding steroid dienone is 1. The minimum Gasteiger partial charge on any atom is -0.317 e. The summed E-state index contributed by atoms with van der Waals surface area (Å²) >= 11 is 0. The molecular formula is C15H27NO. The summed E-state index contributed by atoms with van der Waals surface area (Å²) in [4.78, 5) is 12.0.